The van der Waals surface area contributed by atoms with Crippen molar-refractivity contribution in [3.05, 3.63) is 59.7 Å². The van der Waals surface area contributed by atoms with E-state index in [2.05, 4.69) is 4.99 Å². The Labute approximate surface area is 139 Å². The number of nitrogens with zero attached hydrogens (tertiary/aromatic N) is 1. The maximum atomic E-state index is 10.8. The zero-order valence-electron chi connectivity index (χ0n) is 13.3. The summed E-state index contributed by atoms with van der Waals surface area (Å²) in [6.07, 6.45) is 6.76. The molecule has 0 bridgehead atoms. The fraction of sp³-hybridized carbons (Fsp3) is 0.278. The minimum absolute atomic E-state index is 0.0359. The summed E-state index contributed by atoms with van der Waals surface area (Å²) in [5.41, 5.74) is 0.251. The van der Waals surface area contributed by atoms with E-state index in [4.69, 9.17) is 10.2 Å². The highest BCUT2D eigenvalue weighted by Gasteiger charge is 2.34. The Hall–Kier alpha value is -2.98. The number of benzene rings is 1. The van der Waals surface area contributed by atoms with E-state index in [-0.39, 0.29) is 12.0 Å². The summed E-state index contributed by atoms with van der Waals surface area (Å²) < 4.78 is 0. The summed E-state index contributed by atoms with van der Waals surface area (Å²) in [6.45, 7) is 2.04. The van der Waals surface area contributed by atoms with Crippen molar-refractivity contribution in [1.82, 2.24) is 0 Å². The number of carbonyl (C=O) groups is 2. The van der Waals surface area contributed by atoms with Crippen LogP contribution in [0.1, 0.15) is 18.9 Å². The highest BCUT2D eigenvalue weighted by molar-refractivity contribution is 5.90. The molecule has 0 saturated carbocycles. The van der Waals surface area contributed by atoms with E-state index in [1.807, 2.05) is 30.3 Å². The third-order valence-corrected chi connectivity index (χ3v) is 3.50. The van der Waals surface area contributed by atoms with Gasteiger partial charge < -0.3 is 10.2 Å². The van der Waals surface area contributed by atoms with Crippen LogP contribution in [0.2, 0.25) is 0 Å². The highest BCUT2D eigenvalue weighted by atomic mass is 16.4. The molecule has 0 aromatic heterocycles. The molecule has 1 aliphatic carbocycles. The number of isocyanates is 1. The lowest BCUT2D eigenvalue weighted by atomic mass is 9.80. The average Bonchev–Trinajstić information content (AvgIpc) is 2.56. The summed E-state index contributed by atoms with van der Waals surface area (Å²) in [5.74, 6) is -2.06. The third kappa shape index (κ3) is 6.02. The molecule has 2 rings (SSSR count). The Morgan fingerprint density at radius 3 is 2.46 bits per heavy atom. The number of hydrogen-bond acceptors (Lipinski definition) is 4. The van der Waals surface area contributed by atoms with E-state index in [0.29, 0.717) is 6.54 Å². The number of aliphatic carboxylic acids is 2. The van der Waals surface area contributed by atoms with Gasteiger partial charge in [0.25, 0.3) is 0 Å². The fourth-order valence-electron chi connectivity index (χ4n) is 2.06. The molecule has 1 unspecified atom stereocenters. The van der Waals surface area contributed by atoms with E-state index in [1.165, 1.54) is 36.8 Å². The molecule has 1 aliphatic rings. The molecular formula is C18H19NO5. The first kappa shape index (κ1) is 19.1. The molecule has 0 aliphatic heterocycles. The van der Waals surface area contributed by atoms with Gasteiger partial charge in [0.15, 0.2) is 0 Å². The lowest BCUT2D eigenvalue weighted by molar-refractivity contribution is -0.145. The predicted molar refractivity (Wildman–Crippen MR) is 88.4 cm³/mol. The average molecular weight is 329 g/mol. The van der Waals surface area contributed by atoms with Gasteiger partial charge in [0.2, 0.25) is 6.08 Å². The lowest BCUT2D eigenvalue weighted by Gasteiger charge is -2.23. The lowest BCUT2D eigenvalue weighted by Crippen LogP contribution is -2.28. The quantitative estimate of drug-likeness (QED) is 0.638. The third-order valence-electron chi connectivity index (χ3n) is 3.50. The number of allylic oxidation sites excluding steroid dienone is 2. The van der Waals surface area contributed by atoms with Crippen molar-refractivity contribution >= 4 is 18.0 Å². The molecule has 0 amide bonds. The van der Waals surface area contributed by atoms with Crippen molar-refractivity contribution in [3.63, 3.8) is 0 Å². The van der Waals surface area contributed by atoms with Gasteiger partial charge >= 0.3 is 11.9 Å². The van der Waals surface area contributed by atoms with Gasteiger partial charge in [-0.2, -0.15) is 0 Å². The summed E-state index contributed by atoms with van der Waals surface area (Å²) >= 11 is 0. The van der Waals surface area contributed by atoms with Crippen molar-refractivity contribution in [2.75, 3.05) is 6.54 Å². The van der Waals surface area contributed by atoms with Crippen LogP contribution in [0.4, 0.5) is 0 Å². The normalized spacial score (nSPS) is 18.5. The van der Waals surface area contributed by atoms with Crippen LogP contribution in [-0.4, -0.2) is 34.8 Å². The second-order valence-electron chi connectivity index (χ2n) is 5.46. The molecule has 0 fully saturated rings. The second-order valence-corrected chi connectivity index (χ2v) is 5.46. The smallest absolute Gasteiger partial charge is 0.331 e. The van der Waals surface area contributed by atoms with E-state index in [9.17, 15) is 14.4 Å². The molecule has 2 N–H and O–H groups in total. The van der Waals surface area contributed by atoms with Crippen LogP contribution in [0.15, 0.2) is 59.1 Å². The van der Waals surface area contributed by atoms with Gasteiger partial charge in [-0.25, -0.2) is 14.6 Å². The molecule has 6 nitrogen and oxygen atoms in total. The monoisotopic (exact) mass is 329 g/mol. The van der Waals surface area contributed by atoms with Gasteiger partial charge in [0.1, 0.15) is 0 Å². The van der Waals surface area contributed by atoms with Crippen molar-refractivity contribution in [1.29, 1.82) is 0 Å². The van der Waals surface area contributed by atoms with Gasteiger partial charge in [-0.15, -0.1) is 0 Å². The molecule has 24 heavy (non-hydrogen) atoms. The molecule has 0 radical (unpaired) electrons. The Balaban J connectivity index is 0.000000243. The topological polar surface area (TPSA) is 104 Å². The number of rotatable bonds is 5. The van der Waals surface area contributed by atoms with Crippen LogP contribution in [0.25, 0.3) is 0 Å². The number of aliphatic imine (C=N–C) groups is 1. The van der Waals surface area contributed by atoms with Crippen molar-refractivity contribution < 1.29 is 24.6 Å². The first-order chi connectivity index (χ1) is 11.4. The number of carbonyl (C=O) groups excluding carboxylic acids is 1. The summed E-state index contributed by atoms with van der Waals surface area (Å²) in [6, 6.07) is 9.94. The van der Waals surface area contributed by atoms with E-state index < -0.39 is 17.4 Å². The summed E-state index contributed by atoms with van der Waals surface area (Å²) in [5, 5.41) is 17.5. The van der Waals surface area contributed by atoms with Crippen molar-refractivity contribution in [3.8, 4) is 0 Å². The molecule has 1 aromatic carbocycles. The first-order valence-electron chi connectivity index (χ1n) is 7.31. The summed E-state index contributed by atoms with van der Waals surface area (Å²) in [7, 11) is 0. The zero-order valence-corrected chi connectivity index (χ0v) is 13.3. The number of carboxylic acid groups (broad SMARTS) is 2. The molecule has 1 atom stereocenters. The van der Waals surface area contributed by atoms with Crippen molar-refractivity contribution in [2.24, 2.45) is 10.4 Å². The van der Waals surface area contributed by atoms with Crippen LogP contribution >= 0.6 is 0 Å². The molecular weight excluding hydrogens is 310 g/mol. The van der Waals surface area contributed by atoms with E-state index >= 15 is 0 Å². The Morgan fingerprint density at radius 2 is 1.92 bits per heavy atom. The highest BCUT2D eigenvalue weighted by Crippen LogP contribution is 2.31. The standard InChI is InChI=1S/C9H9NO.C9H10O4/c11-8-10-7-6-9-4-2-1-3-5-9;1-9(8(12)13)4-2-3-6(5-9)7(10)11/h1-5H,6-7H2;2-4H,5H2,1H3,(H,10,11)(H,12,13). The van der Waals surface area contributed by atoms with E-state index in [1.54, 1.807) is 0 Å². The van der Waals surface area contributed by atoms with E-state index in [0.717, 1.165) is 6.42 Å². The molecule has 6 heteroatoms. The molecule has 0 saturated heterocycles. The number of carboxylic acids is 2. The van der Waals surface area contributed by atoms with Crippen molar-refractivity contribution in [2.45, 2.75) is 19.8 Å². The van der Waals surface area contributed by atoms with Gasteiger partial charge in [-0.1, -0.05) is 48.6 Å². The van der Waals surface area contributed by atoms with Crippen LogP contribution in [0.5, 0.6) is 0 Å². The van der Waals surface area contributed by atoms with Crippen LogP contribution in [0, 0.1) is 5.41 Å². The second kappa shape index (κ2) is 9.22. The molecule has 0 spiro atoms. The Kier molecular flexibility index (Phi) is 7.33. The predicted octanol–water partition coefficient (Wildman–Crippen LogP) is 2.61. The Morgan fingerprint density at radius 1 is 1.25 bits per heavy atom. The molecule has 1 aromatic rings. The van der Waals surface area contributed by atoms with Crippen LogP contribution in [-0.2, 0) is 20.8 Å². The molecule has 0 heterocycles. The van der Waals surface area contributed by atoms with Crippen LogP contribution in [0.3, 0.4) is 0 Å². The van der Waals surface area contributed by atoms with Gasteiger partial charge in [0.05, 0.1) is 12.0 Å². The molecule has 126 valence electrons. The van der Waals surface area contributed by atoms with Crippen LogP contribution < -0.4 is 0 Å². The minimum atomic E-state index is -1.08. The SMILES string of the molecule is CC1(C(=O)O)C=CC=C(C(=O)O)C1.O=C=NCCc1ccccc1. The maximum Gasteiger partial charge on any atom is 0.331 e. The minimum Gasteiger partial charge on any atom is -0.481 e. The number of hydrogen-bond donors (Lipinski definition) is 2. The van der Waals surface area contributed by atoms with Gasteiger partial charge in [-0.3, -0.25) is 4.79 Å². The zero-order chi connectivity index (χ0) is 18.0. The first-order valence-corrected chi connectivity index (χ1v) is 7.31. The largest absolute Gasteiger partial charge is 0.481 e. The van der Waals surface area contributed by atoms with Gasteiger partial charge in [0, 0.05) is 5.57 Å². The fourth-order valence-corrected chi connectivity index (χ4v) is 2.06. The Bertz CT molecular complexity index is 687. The van der Waals surface area contributed by atoms with Gasteiger partial charge in [-0.05, 0) is 25.3 Å². The summed E-state index contributed by atoms with van der Waals surface area (Å²) in [4.78, 5) is 34.5. The maximum absolute atomic E-state index is 10.8.